The highest BCUT2D eigenvalue weighted by molar-refractivity contribution is 6.45. The molecule has 1 aliphatic heterocycles. The van der Waals surface area contributed by atoms with Gasteiger partial charge in [-0.25, -0.2) is 4.98 Å². The number of nitrogens with zero attached hydrogens (tertiary/aromatic N) is 2. The Hall–Kier alpha value is -2.93. The molecule has 13 heteroatoms. The van der Waals surface area contributed by atoms with Gasteiger partial charge < -0.3 is 39.9 Å². The summed E-state index contributed by atoms with van der Waals surface area (Å²) >= 11 is 13.1. The first-order valence-corrected chi connectivity index (χ1v) is 14.2. The van der Waals surface area contributed by atoms with E-state index in [2.05, 4.69) is 15.3 Å². The Kier molecular flexibility index (Phi) is 11.6. The molecule has 2 aromatic heterocycles. The number of aromatic amines is 1. The van der Waals surface area contributed by atoms with Crippen molar-refractivity contribution in [2.45, 2.75) is 19.9 Å². The molecular formula is C28H35Cl2N5O6. The third-order valence-electron chi connectivity index (χ3n) is 6.53. The number of anilines is 1. The summed E-state index contributed by atoms with van der Waals surface area (Å²) in [5.74, 6) is -0.0285. The summed E-state index contributed by atoms with van der Waals surface area (Å²) in [5, 5.41) is 4.98. The van der Waals surface area contributed by atoms with Crippen LogP contribution >= 0.6 is 23.2 Å². The fourth-order valence-electron chi connectivity index (χ4n) is 4.57. The number of esters is 1. The number of carbonyl (C=O) groups is 2. The van der Waals surface area contributed by atoms with Crippen LogP contribution in [0.25, 0.3) is 22.0 Å². The van der Waals surface area contributed by atoms with Crippen LogP contribution < -0.4 is 11.1 Å². The number of aromatic nitrogens is 2. The van der Waals surface area contributed by atoms with E-state index in [9.17, 15) is 9.59 Å². The molecule has 1 aromatic carbocycles. The van der Waals surface area contributed by atoms with Crippen molar-refractivity contribution in [1.29, 1.82) is 0 Å². The van der Waals surface area contributed by atoms with Gasteiger partial charge >= 0.3 is 5.97 Å². The van der Waals surface area contributed by atoms with Crippen molar-refractivity contribution in [3.05, 3.63) is 45.7 Å². The molecule has 0 saturated heterocycles. The number of pyridine rings is 1. The van der Waals surface area contributed by atoms with Crippen molar-refractivity contribution in [2.75, 3.05) is 71.2 Å². The van der Waals surface area contributed by atoms with E-state index in [0.29, 0.717) is 88.1 Å². The predicted octanol–water partition coefficient (Wildman–Crippen LogP) is 3.40. The van der Waals surface area contributed by atoms with Crippen LogP contribution in [-0.4, -0.2) is 92.6 Å². The number of fused-ring (bicyclic) bond motifs is 3. The summed E-state index contributed by atoms with van der Waals surface area (Å²) < 4.78 is 21.2. The number of ether oxygens (including phenoxy) is 4. The summed E-state index contributed by atoms with van der Waals surface area (Å²) in [6.07, 6.45) is 2.39. The maximum absolute atomic E-state index is 12.7. The first-order valence-electron chi connectivity index (χ1n) is 13.4. The lowest BCUT2D eigenvalue weighted by Gasteiger charge is -2.27. The molecule has 0 bridgehead atoms. The molecule has 0 radical (unpaired) electrons. The number of nitrogens with two attached hydrogens (primary N) is 1. The van der Waals surface area contributed by atoms with Gasteiger partial charge in [0.05, 0.1) is 55.2 Å². The zero-order valence-corrected chi connectivity index (χ0v) is 24.5. The predicted molar refractivity (Wildman–Crippen MR) is 157 cm³/mol. The molecule has 4 N–H and O–H groups in total. The normalized spacial score (nSPS) is 12.9. The van der Waals surface area contributed by atoms with E-state index >= 15 is 0 Å². The van der Waals surface area contributed by atoms with E-state index in [1.165, 1.54) is 6.92 Å². The fraction of sp³-hybridized carbons (Fsp3) is 0.464. The number of carbonyl (C=O) groups excluding carboxylic acids is 2. The molecule has 3 aromatic rings. The minimum absolute atomic E-state index is 0.247. The van der Waals surface area contributed by atoms with Gasteiger partial charge in [-0.2, -0.15) is 0 Å². The van der Waals surface area contributed by atoms with Gasteiger partial charge in [0.1, 0.15) is 5.82 Å². The largest absolute Gasteiger partial charge is 0.456 e. The van der Waals surface area contributed by atoms with Gasteiger partial charge in [0.2, 0.25) is 0 Å². The molecule has 11 nitrogen and oxygen atoms in total. The Labute approximate surface area is 248 Å². The zero-order chi connectivity index (χ0) is 29.2. The molecule has 0 atom stereocenters. The summed E-state index contributed by atoms with van der Waals surface area (Å²) in [4.78, 5) is 33.5. The van der Waals surface area contributed by atoms with Crippen molar-refractivity contribution >= 4 is 51.8 Å². The van der Waals surface area contributed by atoms with Gasteiger partial charge in [0.25, 0.3) is 5.91 Å². The smallest absolute Gasteiger partial charge is 0.303 e. The second-order valence-electron chi connectivity index (χ2n) is 9.38. The highest BCUT2D eigenvalue weighted by atomic mass is 35.5. The lowest BCUT2D eigenvalue weighted by molar-refractivity contribution is -0.150. The quantitative estimate of drug-likeness (QED) is 0.175. The minimum Gasteiger partial charge on any atom is -0.456 e. The molecule has 4 rings (SSSR count). The van der Waals surface area contributed by atoms with Gasteiger partial charge in [0, 0.05) is 67.9 Å². The standard InChI is InChI=1S/C28H35Cl2N5O6/c1-18(36)41-17-25(37)35-7-4-23-21(16-35)26-20(14-22(29)27(30)28(26)34-23)19-2-3-24(33-15-19)32-6-9-39-11-13-40-12-10-38-8-5-31/h2-3,14-15,34H,4-13,16-17,31H2,1H3,(H,32,33). The van der Waals surface area contributed by atoms with Crippen LogP contribution in [0.1, 0.15) is 18.2 Å². The topological polar surface area (TPSA) is 141 Å². The van der Waals surface area contributed by atoms with Crippen molar-refractivity contribution in [3.63, 3.8) is 0 Å². The van der Waals surface area contributed by atoms with E-state index < -0.39 is 5.97 Å². The molecule has 0 aliphatic carbocycles. The molecule has 1 amide bonds. The number of hydrogen-bond acceptors (Lipinski definition) is 9. The minimum atomic E-state index is -0.490. The lowest BCUT2D eigenvalue weighted by Crippen LogP contribution is -2.38. The maximum atomic E-state index is 12.7. The summed E-state index contributed by atoms with van der Waals surface area (Å²) in [6, 6.07) is 5.67. The van der Waals surface area contributed by atoms with Crippen molar-refractivity contribution in [1.82, 2.24) is 14.9 Å². The second kappa shape index (κ2) is 15.3. The third kappa shape index (κ3) is 8.31. The lowest BCUT2D eigenvalue weighted by atomic mass is 9.97. The molecule has 0 saturated carbocycles. The van der Waals surface area contributed by atoms with E-state index in [0.717, 1.165) is 33.3 Å². The molecule has 3 heterocycles. The zero-order valence-electron chi connectivity index (χ0n) is 23.0. The highest BCUT2D eigenvalue weighted by Gasteiger charge is 2.27. The maximum Gasteiger partial charge on any atom is 0.303 e. The van der Waals surface area contributed by atoms with Crippen molar-refractivity contribution in [2.24, 2.45) is 5.73 Å². The van der Waals surface area contributed by atoms with Crippen LogP contribution in [0.5, 0.6) is 0 Å². The number of nitrogens with one attached hydrogen (secondary N) is 2. The van der Waals surface area contributed by atoms with E-state index in [1.807, 2.05) is 18.2 Å². The van der Waals surface area contributed by atoms with Gasteiger partial charge in [-0.05, 0) is 23.8 Å². The molecule has 0 spiro atoms. The van der Waals surface area contributed by atoms with Gasteiger partial charge in [-0.1, -0.05) is 23.2 Å². The second-order valence-corrected chi connectivity index (χ2v) is 10.2. The summed E-state index contributed by atoms with van der Waals surface area (Å²) in [7, 11) is 0. The molecule has 41 heavy (non-hydrogen) atoms. The number of benzene rings is 1. The number of rotatable bonds is 15. The Morgan fingerprint density at radius 3 is 2.51 bits per heavy atom. The first kappa shape index (κ1) is 31.0. The Morgan fingerprint density at radius 2 is 1.83 bits per heavy atom. The van der Waals surface area contributed by atoms with Crippen LogP contribution in [0.15, 0.2) is 24.4 Å². The van der Waals surface area contributed by atoms with Crippen molar-refractivity contribution in [3.8, 4) is 11.1 Å². The van der Waals surface area contributed by atoms with Gasteiger partial charge in [-0.15, -0.1) is 0 Å². The van der Waals surface area contributed by atoms with E-state index in [-0.39, 0.29) is 12.5 Å². The van der Waals surface area contributed by atoms with E-state index in [1.54, 1.807) is 11.1 Å². The molecular weight excluding hydrogens is 573 g/mol. The fourth-order valence-corrected chi connectivity index (χ4v) is 4.97. The van der Waals surface area contributed by atoms with Crippen LogP contribution in [0.2, 0.25) is 10.0 Å². The van der Waals surface area contributed by atoms with E-state index in [4.69, 9.17) is 47.9 Å². The summed E-state index contributed by atoms with van der Waals surface area (Å²) in [5.41, 5.74) is 9.76. The molecule has 222 valence electrons. The van der Waals surface area contributed by atoms with Crippen LogP contribution in [-0.2, 0) is 41.5 Å². The monoisotopic (exact) mass is 607 g/mol. The number of halogens is 2. The molecule has 1 aliphatic rings. The van der Waals surface area contributed by atoms with Crippen molar-refractivity contribution < 1.29 is 28.5 Å². The Morgan fingerprint density at radius 1 is 1.10 bits per heavy atom. The molecule has 0 fully saturated rings. The third-order valence-corrected chi connectivity index (χ3v) is 7.31. The summed E-state index contributed by atoms with van der Waals surface area (Å²) in [6.45, 7) is 6.03. The Bertz CT molecular complexity index is 1330. The number of hydrogen-bond donors (Lipinski definition) is 3. The molecule has 0 unspecified atom stereocenters. The average molecular weight is 609 g/mol. The van der Waals surface area contributed by atoms with Crippen LogP contribution in [0.3, 0.4) is 0 Å². The van der Waals surface area contributed by atoms with Crippen LogP contribution in [0.4, 0.5) is 5.82 Å². The highest BCUT2D eigenvalue weighted by Crippen LogP contribution is 2.42. The van der Waals surface area contributed by atoms with Gasteiger partial charge in [-0.3, -0.25) is 9.59 Å². The van der Waals surface area contributed by atoms with Crippen LogP contribution in [0, 0.1) is 0 Å². The SMILES string of the molecule is CC(=O)OCC(=O)N1CCc2[nH]c3c(Cl)c(Cl)cc(-c4ccc(NCCOCCOCCOCCN)nc4)c3c2C1. The Balaban J connectivity index is 1.38. The first-order chi connectivity index (χ1) is 19.9. The average Bonchev–Trinajstić information content (AvgIpc) is 3.36. The number of amides is 1. The van der Waals surface area contributed by atoms with Gasteiger partial charge in [0.15, 0.2) is 6.61 Å². The number of H-pyrrole nitrogens is 1.